The molecule has 1 N–H and O–H groups in total. The van der Waals surface area contributed by atoms with Gasteiger partial charge in [-0.2, -0.15) is 0 Å². The van der Waals surface area contributed by atoms with Crippen LogP contribution < -0.4 is 9.46 Å². The first-order valence-electron chi connectivity index (χ1n) is 8.01. The van der Waals surface area contributed by atoms with Crippen molar-refractivity contribution < 1.29 is 17.5 Å². The van der Waals surface area contributed by atoms with Crippen LogP contribution in [0.2, 0.25) is 5.02 Å². The zero-order valence-corrected chi connectivity index (χ0v) is 15.0. The van der Waals surface area contributed by atoms with E-state index in [2.05, 4.69) is 9.71 Å². The predicted octanol–water partition coefficient (Wildman–Crippen LogP) is 3.67. The molecule has 134 valence electrons. The summed E-state index contributed by atoms with van der Waals surface area (Å²) in [7, 11) is -4.02. The lowest BCUT2D eigenvalue weighted by Gasteiger charge is -2.15. The van der Waals surface area contributed by atoms with Gasteiger partial charge in [0.2, 0.25) is 15.9 Å². The molecule has 1 aromatic heterocycles. The Balaban J connectivity index is 1.74. The van der Waals surface area contributed by atoms with Crippen molar-refractivity contribution in [3.05, 3.63) is 52.9 Å². The van der Waals surface area contributed by atoms with E-state index >= 15 is 0 Å². The van der Waals surface area contributed by atoms with Crippen LogP contribution in [0.25, 0.3) is 0 Å². The standard InChI is InChI=1S/C17H18ClFN2O3S/c18-13-7-8-16(15(19)10-13)25(22,23)21-11-12-4-3-9-20-17(12)24-14-5-1-2-6-14/h3-4,7-10,14,21H,1-2,5-6,11H2. The number of aromatic nitrogens is 1. The van der Waals surface area contributed by atoms with Crippen molar-refractivity contribution in [2.75, 3.05) is 0 Å². The Labute approximate surface area is 151 Å². The molecule has 1 saturated carbocycles. The number of nitrogens with one attached hydrogen (secondary N) is 1. The molecular weight excluding hydrogens is 367 g/mol. The molecule has 0 saturated heterocycles. The number of pyridine rings is 1. The molecule has 0 unspecified atom stereocenters. The van der Waals surface area contributed by atoms with Crippen molar-refractivity contribution in [1.29, 1.82) is 0 Å². The number of sulfonamides is 1. The van der Waals surface area contributed by atoms with Crippen LogP contribution in [0.4, 0.5) is 4.39 Å². The molecule has 1 fully saturated rings. The highest BCUT2D eigenvalue weighted by Crippen LogP contribution is 2.25. The molecule has 1 aliphatic rings. The minimum Gasteiger partial charge on any atom is -0.474 e. The van der Waals surface area contributed by atoms with E-state index in [1.807, 2.05) is 0 Å². The fraction of sp³-hybridized carbons (Fsp3) is 0.353. The van der Waals surface area contributed by atoms with E-state index in [1.165, 1.54) is 6.07 Å². The number of hydrogen-bond acceptors (Lipinski definition) is 4. The minimum absolute atomic E-state index is 0.0414. The van der Waals surface area contributed by atoms with Gasteiger partial charge in [-0.3, -0.25) is 0 Å². The van der Waals surface area contributed by atoms with E-state index in [4.69, 9.17) is 16.3 Å². The van der Waals surface area contributed by atoms with E-state index in [-0.39, 0.29) is 17.7 Å². The van der Waals surface area contributed by atoms with Crippen molar-refractivity contribution in [2.24, 2.45) is 0 Å². The number of nitrogens with zero attached hydrogens (tertiary/aromatic N) is 1. The zero-order valence-electron chi connectivity index (χ0n) is 13.4. The van der Waals surface area contributed by atoms with Crippen molar-refractivity contribution >= 4 is 21.6 Å². The summed E-state index contributed by atoms with van der Waals surface area (Å²) < 4.78 is 46.8. The summed E-state index contributed by atoms with van der Waals surface area (Å²) in [6.45, 7) is -0.0414. The molecule has 0 radical (unpaired) electrons. The lowest BCUT2D eigenvalue weighted by Crippen LogP contribution is -2.25. The third-order valence-electron chi connectivity index (χ3n) is 4.07. The van der Waals surface area contributed by atoms with Crippen LogP contribution in [0.15, 0.2) is 41.4 Å². The molecule has 1 aliphatic carbocycles. The molecule has 1 aromatic carbocycles. The molecule has 1 heterocycles. The van der Waals surface area contributed by atoms with Crippen molar-refractivity contribution in [3.8, 4) is 5.88 Å². The van der Waals surface area contributed by atoms with Gasteiger partial charge in [0.25, 0.3) is 0 Å². The van der Waals surface area contributed by atoms with Gasteiger partial charge in [-0.1, -0.05) is 17.7 Å². The molecule has 8 heteroatoms. The maximum Gasteiger partial charge on any atom is 0.243 e. The normalized spacial score (nSPS) is 15.4. The van der Waals surface area contributed by atoms with Crippen LogP contribution in [0.1, 0.15) is 31.2 Å². The van der Waals surface area contributed by atoms with Gasteiger partial charge in [-0.05, 0) is 49.9 Å². The first-order valence-corrected chi connectivity index (χ1v) is 9.87. The molecule has 0 atom stereocenters. The van der Waals surface area contributed by atoms with E-state index in [0.717, 1.165) is 37.8 Å². The molecule has 0 aliphatic heterocycles. The SMILES string of the molecule is O=S(=O)(NCc1cccnc1OC1CCCC1)c1ccc(Cl)cc1F. The highest BCUT2D eigenvalue weighted by molar-refractivity contribution is 7.89. The average molecular weight is 385 g/mol. The molecule has 5 nitrogen and oxygen atoms in total. The average Bonchev–Trinajstić information content (AvgIpc) is 3.07. The lowest BCUT2D eigenvalue weighted by molar-refractivity contribution is 0.199. The smallest absolute Gasteiger partial charge is 0.243 e. The van der Waals surface area contributed by atoms with Gasteiger partial charge in [0.1, 0.15) is 16.8 Å². The predicted molar refractivity (Wildman–Crippen MR) is 92.6 cm³/mol. The second kappa shape index (κ2) is 7.68. The van der Waals surface area contributed by atoms with E-state index in [1.54, 1.807) is 18.3 Å². The number of hydrogen-bond donors (Lipinski definition) is 1. The van der Waals surface area contributed by atoms with E-state index in [0.29, 0.717) is 11.4 Å². The Morgan fingerprint density at radius 3 is 2.76 bits per heavy atom. The number of halogens is 2. The van der Waals surface area contributed by atoms with Gasteiger partial charge in [0.05, 0.1) is 0 Å². The molecular formula is C17H18ClFN2O3S. The second-order valence-corrected chi connectivity index (χ2v) is 8.06. The highest BCUT2D eigenvalue weighted by atomic mass is 35.5. The van der Waals surface area contributed by atoms with Crippen LogP contribution >= 0.6 is 11.6 Å². The van der Waals surface area contributed by atoms with Gasteiger partial charge in [0, 0.05) is 23.3 Å². The maximum absolute atomic E-state index is 13.9. The fourth-order valence-corrected chi connectivity index (χ4v) is 4.00. The van der Waals surface area contributed by atoms with Gasteiger partial charge in [0.15, 0.2) is 0 Å². The number of benzene rings is 1. The van der Waals surface area contributed by atoms with Crippen molar-refractivity contribution in [1.82, 2.24) is 9.71 Å². The highest BCUT2D eigenvalue weighted by Gasteiger charge is 2.21. The molecule has 25 heavy (non-hydrogen) atoms. The number of rotatable bonds is 6. The third-order valence-corrected chi connectivity index (χ3v) is 5.74. The van der Waals surface area contributed by atoms with Crippen LogP contribution in [-0.2, 0) is 16.6 Å². The van der Waals surface area contributed by atoms with Crippen LogP contribution in [0.3, 0.4) is 0 Å². The fourth-order valence-electron chi connectivity index (χ4n) is 2.77. The van der Waals surface area contributed by atoms with Crippen LogP contribution in [0, 0.1) is 5.82 Å². The summed E-state index contributed by atoms with van der Waals surface area (Å²) in [5.74, 6) is -0.484. The minimum atomic E-state index is -4.02. The van der Waals surface area contributed by atoms with Gasteiger partial charge in [-0.15, -0.1) is 0 Å². The Morgan fingerprint density at radius 1 is 1.28 bits per heavy atom. The van der Waals surface area contributed by atoms with E-state index < -0.39 is 20.7 Å². The van der Waals surface area contributed by atoms with Crippen molar-refractivity contribution in [2.45, 2.75) is 43.2 Å². The van der Waals surface area contributed by atoms with Gasteiger partial charge < -0.3 is 4.74 Å². The lowest BCUT2D eigenvalue weighted by atomic mass is 10.2. The Kier molecular flexibility index (Phi) is 5.56. The van der Waals surface area contributed by atoms with Gasteiger partial charge in [-0.25, -0.2) is 22.5 Å². The molecule has 0 spiro atoms. The van der Waals surface area contributed by atoms with Gasteiger partial charge >= 0.3 is 0 Å². The Hall–Kier alpha value is -1.70. The maximum atomic E-state index is 13.9. The summed E-state index contributed by atoms with van der Waals surface area (Å²) >= 11 is 5.66. The molecule has 0 amide bonds. The van der Waals surface area contributed by atoms with Crippen molar-refractivity contribution in [3.63, 3.8) is 0 Å². The second-order valence-electron chi connectivity index (χ2n) is 5.89. The molecule has 0 bridgehead atoms. The Morgan fingerprint density at radius 2 is 2.04 bits per heavy atom. The first kappa shape index (κ1) is 18.1. The summed E-state index contributed by atoms with van der Waals surface area (Å²) in [6.07, 6.45) is 5.89. The largest absolute Gasteiger partial charge is 0.474 e. The summed E-state index contributed by atoms with van der Waals surface area (Å²) in [5, 5.41) is 0.135. The number of ether oxygens (including phenoxy) is 1. The molecule has 2 aromatic rings. The quantitative estimate of drug-likeness (QED) is 0.825. The van der Waals surface area contributed by atoms with Crippen LogP contribution in [-0.4, -0.2) is 19.5 Å². The summed E-state index contributed by atoms with van der Waals surface area (Å²) in [5.41, 5.74) is 0.604. The Bertz CT molecular complexity index is 855. The zero-order chi connectivity index (χ0) is 17.9. The van der Waals surface area contributed by atoms with E-state index in [9.17, 15) is 12.8 Å². The topological polar surface area (TPSA) is 68.3 Å². The first-order chi connectivity index (χ1) is 12.0. The monoisotopic (exact) mass is 384 g/mol. The summed E-state index contributed by atoms with van der Waals surface area (Å²) in [6, 6.07) is 6.87. The third kappa shape index (κ3) is 4.48. The molecule has 3 rings (SSSR count). The van der Waals surface area contributed by atoms with Crippen LogP contribution in [0.5, 0.6) is 5.88 Å². The summed E-state index contributed by atoms with van der Waals surface area (Å²) in [4.78, 5) is 3.75.